The average molecular weight is 196 g/mol. The maximum absolute atomic E-state index is 11.9. The van der Waals surface area contributed by atoms with Gasteiger partial charge in [0.1, 0.15) is 0 Å². The van der Waals surface area contributed by atoms with Gasteiger partial charge in [0, 0.05) is 5.92 Å². The van der Waals surface area contributed by atoms with Gasteiger partial charge in [0.25, 0.3) is 0 Å². The molecule has 12 heavy (non-hydrogen) atoms. The molecule has 1 rings (SSSR count). The van der Waals surface area contributed by atoms with E-state index >= 15 is 0 Å². The Hall–Kier alpha value is -0.160. The maximum atomic E-state index is 11.9. The first kappa shape index (κ1) is 9.92. The number of hydrogen-bond acceptors (Lipinski definition) is 3. The maximum Gasteiger partial charge on any atom is 0.150 e. The minimum Gasteiger partial charge on any atom is -0.393 e. The highest BCUT2D eigenvalue weighted by atomic mass is 32.2. The third-order valence-corrected chi connectivity index (χ3v) is 4.01. The van der Waals surface area contributed by atoms with Gasteiger partial charge >= 0.3 is 0 Å². The van der Waals surface area contributed by atoms with Gasteiger partial charge in [0.15, 0.2) is 9.84 Å². The molecule has 1 N–H and O–H groups in total. The molecule has 0 aliphatic carbocycles. The predicted octanol–water partition coefficient (Wildman–Crippen LogP) is 0.142. The summed E-state index contributed by atoms with van der Waals surface area (Å²) in [4.78, 5) is 0. The number of aliphatic hydroxyl groups is 1. The molecule has 0 bridgehead atoms. The van der Waals surface area contributed by atoms with Crippen molar-refractivity contribution in [3.05, 3.63) is 0 Å². The van der Waals surface area contributed by atoms with E-state index in [1.54, 1.807) is 0 Å². The molecule has 2 atom stereocenters. The molecule has 72 valence electrons. The molecule has 1 saturated heterocycles. The van der Waals surface area contributed by atoms with Crippen LogP contribution in [0.5, 0.6) is 0 Å². The van der Waals surface area contributed by atoms with Crippen molar-refractivity contribution in [3.8, 4) is 0 Å². The molecule has 0 saturated carbocycles. The fourth-order valence-corrected chi connectivity index (χ4v) is 3.28. The zero-order chi connectivity index (χ0) is 9.19. The van der Waals surface area contributed by atoms with Crippen LogP contribution in [0.2, 0.25) is 0 Å². The third kappa shape index (κ3) is 2.42. The summed E-state index contributed by atoms with van der Waals surface area (Å²) in [6.07, 6.45) is -0.225. The van der Waals surface area contributed by atoms with E-state index in [0.29, 0.717) is 0 Å². The van der Waals surface area contributed by atoms with Crippen LogP contribution in [0.1, 0.15) is 12.8 Å². The SMILES string of the molecule is O=S1(=O)CCC(O)C(CCF)C1. The first-order valence-corrected chi connectivity index (χ1v) is 5.82. The normalized spacial score (nSPS) is 34.8. The zero-order valence-electron chi connectivity index (χ0n) is 6.74. The smallest absolute Gasteiger partial charge is 0.150 e. The molecule has 2 unspecified atom stereocenters. The van der Waals surface area contributed by atoms with Gasteiger partial charge < -0.3 is 5.11 Å². The van der Waals surface area contributed by atoms with Crippen molar-refractivity contribution >= 4 is 9.84 Å². The standard InChI is InChI=1S/C7H13FO3S/c8-3-1-6-5-12(10,11)4-2-7(6)9/h6-7,9H,1-5H2. The van der Waals surface area contributed by atoms with Crippen LogP contribution in [0.4, 0.5) is 4.39 Å². The van der Waals surface area contributed by atoms with Crippen LogP contribution in [0.3, 0.4) is 0 Å². The van der Waals surface area contributed by atoms with Crippen LogP contribution in [0, 0.1) is 5.92 Å². The van der Waals surface area contributed by atoms with Crippen molar-refractivity contribution < 1.29 is 17.9 Å². The van der Waals surface area contributed by atoms with E-state index in [4.69, 9.17) is 0 Å². The third-order valence-electron chi connectivity index (χ3n) is 2.22. The Labute approximate surface area is 71.5 Å². The van der Waals surface area contributed by atoms with Crippen molar-refractivity contribution in [2.45, 2.75) is 18.9 Å². The molecule has 0 aromatic carbocycles. The van der Waals surface area contributed by atoms with E-state index in [-0.39, 0.29) is 24.3 Å². The van der Waals surface area contributed by atoms with E-state index in [9.17, 15) is 17.9 Å². The number of rotatable bonds is 2. The fraction of sp³-hybridized carbons (Fsp3) is 1.00. The number of halogens is 1. The molecule has 0 amide bonds. The van der Waals surface area contributed by atoms with Crippen LogP contribution in [-0.2, 0) is 9.84 Å². The van der Waals surface area contributed by atoms with Gasteiger partial charge in [0.05, 0.1) is 24.3 Å². The van der Waals surface area contributed by atoms with Crippen LogP contribution >= 0.6 is 0 Å². The summed E-state index contributed by atoms with van der Waals surface area (Å²) >= 11 is 0. The minimum absolute atomic E-state index is 0.0386. The van der Waals surface area contributed by atoms with Crippen LogP contribution in [-0.4, -0.2) is 37.8 Å². The Morgan fingerprint density at radius 3 is 2.75 bits per heavy atom. The lowest BCUT2D eigenvalue weighted by atomic mass is 9.99. The summed E-state index contributed by atoms with van der Waals surface area (Å²) in [7, 11) is -3.01. The van der Waals surface area contributed by atoms with Crippen LogP contribution in [0.25, 0.3) is 0 Å². The van der Waals surface area contributed by atoms with Gasteiger partial charge in [0.2, 0.25) is 0 Å². The number of aliphatic hydroxyl groups excluding tert-OH is 1. The molecule has 3 nitrogen and oxygen atoms in total. The Morgan fingerprint density at radius 1 is 1.50 bits per heavy atom. The van der Waals surface area contributed by atoms with E-state index in [1.165, 1.54) is 0 Å². The van der Waals surface area contributed by atoms with Crippen LogP contribution < -0.4 is 0 Å². The highest BCUT2D eigenvalue weighted by Crippen LogP contribution is 2.21. The second kappa shape index (κ2) is 3.70. The first-order valence-electron chi connectivity index (χ1n) is 3.99. The van der Waals surface area contributed by atoms with Crippen molar-refractivity contribution in [2.24, 2.45) is 5.92 Å². The molecule has 1 fully saturated rings. The zero-order valence-corrected chi connectivity index (χ0v) is 7.56. The highest BCUT2D eigenvalue weighted by Gasteiger charge is 2.31. The van der Waals surface area contributed by atoms with E-state index in [1.807, 2.05) is 0 Å². The van der Waals surface area contributed by atoms with Crippen molar-refractivity contribution in [1.29, 1.82) is 0 Å². The Kier molecular flexibility index (Phi) is 3.06. The molecule has 0 aromatic rings. The molecule has 1 heterocycles. The fourth-order valence-electron chi connectivity index (χ4n) is 1.47. The van der Waals surface area contributed by atoms with E-state index < -0.39 is 28.5 Å². The van der Waals surface area contributed by atoms with Gasteiger partial charge in [-0.1, -0.05) is 0 Å². The summed E-state index contributed by atoms with van der Waals surface area (Å²) in [5.74, 6) is -0.413. The first-order chi connectivity index (χ1) is 5.55. The Morgan fingerprint density at radius 2 is 2.17 bits per heavy atom. The van der Waals surface area contributed by atoms with Crippen molar-refractivity contribution in [2.75, 3.05) is 18.2 Å². The van der Waals surface area contributed by atoms with Crippen LogP contribution in [0.15, 0.2) is 0 Å². The van der Waals surface area contributed by atoms with Gasteiger partial charge in [-0.15, -0.1) is 0 Å². The molecule has 5 heteroatoms. The van der Waals surface area contributed by atoms with Gasteiger partial charge in [-0.25, -0.2) is 8.42 Å². The number of hydrogen-bond donors (Lipinski definition) is 1. The second-order valence-electron chi connectivity index (χ2n) is 3.21. The monoisotopic (exact) mass is 196 g/mol. The van der Waals surface area contributed by atoms with E-state index in [0.717, 1.165) is 0 Å². The molecular formula is C7H13FO3S. The number of sulfone groups is 1. The lowest BCUT2D eigenvalue weighted by molar-refractivity contribution is 0.101. The molecule has 0 aromatic heterocycles. The lowest BCUT2D eigenvalue weighted by Crippen LogP contribution is -2.36. The largest absolute Gasteiger partial charge is 0.393 e. The average Bonchev–Trinajstić information content (AvgIpc) is 1.97. The molecule has 0 spiro atoms. The minimum atomic E-state index is -3.01. The lowest BCUT2D eigenvalue weighted by Gasteiger charge is -2.26. The van der Waals surface area contributed by atoms with Gasteiger partial charge in [-0.05, 0) is 12.8 Å². The predicted molar refractivity (Wildman–Crippen MR) is 43.4 cm³/mol. The quantitative estimate of drug-likeness (QED) is 0.683. The summed E-state index contributed by atoms with van der Waals surface area (Å²) in [5, 5.41) is 9.30. The Balaban J connectivity index is 2.59. The van der Waals surface area contributed by atoms with Gasteiger partial charge in [-0.3, -0.25) is 4.39 Å². The topological polar surface area (TPSA) is 54.4 Å². The van der Waals surface area contributed by atoms with Crippen molar-refractivity contribution in [1.82, 2.24) is 0 Å². The molecule has 1 aliphatic heterocycles. The Bertz CT molecular complexity index is 237. The summed E-state index contributed by atoms with van der Waals surface area (Å²) in [6.45, 7) is -0.558. The second-order valence-corrected chi connectivity index (χ2v) is 5.44. The summed E-state index contributed by atoms with van der Waals surface area (Å²) in [6, 6.07) is 0. The highest BCUT2D eigenvalue weighted by molar-refractivity contribution is 7.91. The number of alkyl halides is 1. The molecule has 1 aliphatic rings. The molecular weight excluding hydrogens is 183 g/mol. The van der Waals surface area contributed by atoms with Gasteiger partial charge in [-0.2, -0.15) is 0 Å². The summed E-state index contributed by atoms with van der Waals surface area (Å²) in [5.41, 5.74) is 0. The molecule has 0 radical (unpaired) electrons. The van der Waals surface area contributed by atoms with E-state index in [2.05, 4.69) is 0 Å². The summed E-state index contributed by atoms with van der Waals surface area (Å²) < 4.78 is 34.0. The van der Waals surface area contributed by atoms with Crippen molar-refractivity contribution in [3.63, 3.8) is 0 Å².